The number of amides is 1. The summed E-state index contributed by atoms with van der Waals surface area (Å²) < 4.78 is 30.4. The Bertz CT molecular complexity index is 1090. The SMILES string of the molecule is Cc1ccc(C)c(S(=O)(=O)Oc2ccc(C(=O)N(C)c3ccccc3)cc2)c1. The number of para-hydroxylation sites is 1. The van der Waals surface area contributed by atoms with Gasteiger partial charge in [0.25, 0.3) is 5.91 Å². The average molecular weight is 395 g/mol. The second-order valence-electron chi connectivity index (χ2n) is 6.53. The van der Waals surface area contributed by atoms with Gasteiger partial charge in [-0.2, -0.15) is 8.42 Å². The van der Waals surface area contributed by atoms with Crippen molar-refractivity contribution in [3.63, 3.8) is 0 Å². The maximum absolute atomic E-state index is 12.6. The van der Waals surface area contributed by atoms with E-state index in [0.717, 1.165) is 11.3 Å². The lowest BCUT2D eigenvalue weighted by atomic mass is 10.2. The van der Waals surface area contributed by atoms with Crippen LogP contribution in [0.15, 0.2) is 77.7 Å². The summed E-state index contributed by atoms with van der Waals surface area (Å²) in [5.74, 6) is -0.0463. The molecular weight excluding hydrogens is 374 g/mol. The zero-order valence-corrected chi connectivity index (χ0v) is 16.7. The quantitative estimate of drug-likeness (QED) is 0.603. The first-order valence-corrected chi connectivity index (χ1v) is 10.1. The number of hydrogen-bond donors (Lipinski definition) is 0. The molecule has 0 heterocycles. The molecule has 6 heteroatoms. The van der Waals surface area contributed by atoms with Crippen molar-refractivity contribution < 1.29 is 17.4 Å². The Kier molecular flexibility index (Phi) is 5.51. The molecule has 3 aromatic carbocycles. The summed E-state index contributed by atoms with van der Waals surface area (Å²) in [5.41, 5.74) is 2.65. The van der Waals surface area contributed by atoms with Crippen molar-refractivity contribution in [3.05, 3.63) is 89.5 Å². The van der Waals surface area contributed by atoms with Gasteiger partial charge in [0.1, 0.15) is 10.6 Å². The fourth-order valence-corrected chi connectivity index (χ4v) is 4.01. The molecule has 3 rings (SSSR count). The van der Waals surface area contributed by atoms with Gasteiger partial charge in [-0.1, -0.05) is 30.3 Å². The molecule has 0 atom stereocenters. The van der Waals surface area contributed by atoms with Gasteiger partial charge in [-0.3, -0.25) is 4.79 Å². The Hall–Kier alpha value is -3.12. The molecule has 0 spiro atoms. The van der Waals surface area contributed by atoms with Gasteiger partial charge in [-0.15, -0.1) is 0 Å². The number of nitrogens with zero attached hydrogens (tertiary/aromatic N) is 1. The Balaban J connectivity index is 1.79. The topological polar surface area (TPSA) is 63.7 Å². The molecule has 0 unspecified atom stereocenters. The summed E-state index contributed by atoms with van der Waals surface area (Å²) in [6.07, 6.45) is 0. The van der Waals surface area contributed by atoms with E-state index in [1.807, 2.05) is 43.3 Å². The van der Waals surface area contributed by atoms with E-state index in [1.54, 1.807) is 38.2 Å². The first-order chi connectivity index (χ1) is 13.3. The molecule has 0 bridgehead atoms. The van der Waals surface area contributed by atoms with E-state index in [9.17, 15) is 13.2 Å². The lowest BCUT2D eigenvalue weighted by molar-refractivity contribution is 0.0993. The molecule has 0 aliphatic rings. The predicted molar refractivity (Wildman–Crippen MR) is 109 cm³/mol. The largest absolute Gasteiger partial charge is 0.379 e. The number of carbonyl (C=O) groups is 1. The fraction of sp³-hybridized carbons (Fsp3) is 0.136. The average Bonchev–Trinajstić information content (AvgIpc) is 2.69. The molecule has 0 aliphatic heterocycles. The summed E-state index contributed by atoms with van der Waals surface area (Å²) in [6.45, 7) is 3.54. The summed E-state index contributed by atoms with van der Waals surface area (Å²) in [6, 6.07) is 20.5. The van der Waals surface area contributed by atoms with Crippen LogP contribution in [-0.2, 0) is 10.1 Å². The van der Waals surface area contributed by atoms with Crippen molar-refractivity contribution in [2.45, 2.75) is 18.7 Å². The molecule has 0 saturated carbocycles. The van der Waals surface area contributed by atoms with Crippen LogP contribution in [0.2, 0.25) is 0 Å². The summed E-state index contributed by atoms with van der Waals surface area (Å²) in [5, 5.41) is 0. The van der Waals surface area contributed by atoms with Crippen molar-refractivity contribution in [3.8, 4) is 5.75 Å². The zero-order valence-electron chi connectivity index (χ0n) is 15.9. The molecule has 0 radical (unpaired) electrons. The van der Waals surface area contributed by atoms with E-state index in [4.69, 9.17) is 4.18 Å². The molecule has 0 fully saturated rings. The van der Waals surface area contributed by atoms with Crippen molar-refractivity contribution in [2.75, 3.05) is 11.9 Å². The fourth-order valence-electron chi connectivity index (χ4n) is 2.76. The second-order valence-corrected chi connectivity index (χ2v) is 8.05. The highest BCUT2D eigenvalue weighted by Crippen LogP contribution is 2.23. The van der Waals surface area contributed by atoms with Gasteiger partial charge in [-0.05, 0) is 67.4 Å². The Labute approximate surface area is 165 Å². The molecule has 0 N–H and O–H groups in total. The monoisotopic (exact) mass is 395 g/mol. The van der Waals surface area contributed by atoms with Crippen LogP contribution in [0.25, 0.3) is 0 Å². The van der Waals surface area contributed by atoms with Crippen LogP contribution in [0.4, 0.5) is 5.69 Å². The first kappa shape index (κ1) is 19.6. The Morgan fingerprint density at radius 3 is 2.18 bits per heavy atom. The Morgan fingerprint density at radius 1 is 0.893 bits per heavy atom. The van der Waals surface area contributed by atoms with E-state index < -0.39 is 10.1 Å². The molecule has 0 aliphatic carbocycles. The third-order valence-electron chi connectivity index (χ3n) is 4.37. The predicted octanol–water partition coefficient (Wildman–Crippen LogP) is 4.35. The third-order valence-corrected chi connectivity index (χ3v) is 5.76. The van der Waals surface area contributed by atoms with Crippen LogP contribution in [0, 0.1) is 13.8 Å². The lowest BCUT2D eigenvalue weighted by Gasteiger charge is -2.17. The molecule has 0 aromatic heterocycles. The number of carbonyl (C=O) groups excluding carboxylic acids is 1. The standard InChI is InChI=1S/C22H21NO4S/c1-16-9-10-17(2)21(15-16)28(25,26)27-20-13-11-18(12-14-20)22(24)23(3)19-7-5-4-6-8-19/h4-15H,1-3H3. The van der Waals surface area contributed by atoms with Crippen molar-refractivity contribution in [1.82, 2.24) is 0 Å². The van der Waals surface area contributed by atoms with Gasteiger partial charge >= 0.3 is 10.1 Å². The van der Waals surface area contributed by atoms with Gasteiger partial charge in [0, 0.05) is 18.3 Å². The van der Waals surface area contributed by atoms with Crippen LogP contribution in [0.5, 0.6) is 5.75 Å². The highest BCUT2D eigenvalue weighted by Gasteiger charge is 2.20. The molecule has 0 saturated heterocycles. The highest BCUT2D eigenvalue weighted by atomic mass is 32.2. The minimum absolute atomic E-state index is 0.136. The summed E-state index contributed by atoms with van der Waals surface area (Å²) in [7, 11) is -2.27. The smallest absolute Gasteiger partial charge is 0.339 e. The van der Waals surface area contributed by atoms with Crippen LogP contribution in [-0.4, -0.2) is 21.4 Å². The summed E-state index contributed by atoms with van der Waals surface area (Å²) >= 11 is 0. The van der Waals surface area contributed by atoms with E-state index in [-0.39, 0.29) is 16.6 Å². The van der Waals surface area contributed by atoms with Crippen molar-refractivity contribution >= 4 is 21.7 Å². The van der Waals surface area contributed by atoms with Crippen LogP contribution in [0.3, 0.4) is 0 Å². The number of benzene rings is 3. The summed E-state index contributed by atoms with van der Waals surface area (Å²) in [4.78, 5) is 14.3. The minimum atomic E-state index is -3.95. The molecular formula is C22H21NO4S. The van der Waals surface area contributed by atoms with E-state index >= 15 is 0 Å². The minimum Gasteiger partial charge on any atom is -0.379 e. The maximum Gasteiger partial charge on any atom is 0.339 e. The van der Waals surface area contributed by atoms with Crippen molar-refractivity contribution in [1.29, 1.82) is 0 Å². The first-order valence-electron chi connectivity index (χ1n) is 8.73. The molecule has 144 valence electrons. The number of aryl methyl sites for hydroxylation is 2. The normalized spacial score (nSPS) is 11.1. The van der Waals surface area contributed by atoms with Gasteiger partial charge < -0.3 is 9.08 Å². The third kappa shape index (κ3) is 4.23. The van der Waals surface area contributed by atoms with E-state index in [0.29, 0.717) is 11.1 Å². The van der Waals surface area contributed by atoms with Gasteiger partial charge in [0.05, 0.1) is 0 Å². The van der Waals surface area contributed by atoms with E-state index in [2.05, 4.69) is 0 Å². The molecule has 5 nitrogen and oxygen atoms in total. The zero-order chi connectivity index (χ0) is 20.3. The van der Waals surface area contributed by atoms with Crippen LogP contribution in [0.1, 0.15) is 21.5 Å². The van der Waals surface area contributed by atoms with E-state index in [1.165, 1.54) is 17.0 Å². The van der Waals surface area contributed by atoms with Gasteiger partial charge in [0.15, 0.2) is 0 Å². The number of rotatable bonds is 5. The maximum atomic E-state index is 12.6. The Morgan fingerprint density at radius 2 is 1.54 bits per heavy atom. The van der Waals surface area contributed by atoms with Crippen LogP contribution < -0.4 is 9.08 Å². The molecule has 28 heavy (non-hydrogen) atoms. The molecule has 1 amide bonds. The lowest BCUT2D eigenvalue weighted by Crippen LogP contribution is -2.26. The number of anilines is 1. The van der Waals surface area contributed by atoms with Crippen LogP contribution >= 0.6 is 0 Å². The highest BCUT2D eigenvalue weighted by molar-refractivity contribution is 7.87. The van der Waals surface area contributed by atoms with Gasteiger partial charge in [0.2, 0.25) is 0 Å². The number of hydrogen-bond acceptors (Lipinski definition) is 4. The molecule has 3 aromatic rings. The van der Waals surface area contributed by atoms with Crippen molar-refractivity contribution in [2.24, 2.45) is 0 Å². The second kappa shape index (κ2) is 7.86. The van der Waals surface area contributed by atoms with Gasteiger partial charge in [-0.25, -0.2) is 0 Å².